The molecule has 1 aliphatic carbocycles. The molecule has 0 bridgehead atoms. The van der Waals surface area contributed by atoms with E-state index in [4.69, 9.17) is 14.9 Å². The fraction of sp³-hybridized carbons (Fsp3) is 0.316. The van der Waals surface area contributed by atoms with E-state index in [1.165, 1.54) is 6.92 Å². The number of hydrogen-bond donors (Lipinski definition) is 2. The van der Waals surface area contributed by atoms with Gasteiger partial charge in [-0.25, -0.2) is 9.97 Å². The van der Waals surface area contributed by atoms with E-state index in [0.29, 0.717) is 36.9 Å². The molecule has 0 saturated carbocycles. The van der Waals surface area contributed by atoms with E-state index in [-0.39, 0.29) is 18.3 Å². The van der Waals surface area contributed by atoms with Gasteiger partial charge in [0.1, 0.15) is 18.1 Å². The molecule has 3 heterocycles. The molecule has 0 spiro atoms. The molecule has 0 saturated heterocycles. The number of rotatable bonds is 6. The van der Waals surface area contributed by atoms with Crippen LogP contribution in [0.25, 0.3) is 11.4 Å². The Morgan fingerprint density at radius 1 is 1.31 bits per heavy atom. The van der Waals surface area contributed by atoms with Gasteiger partial charge in [0.2, 0.25) is 5.95 Å². The maximum Gasteiger partial charge on any atom is 0.303 e. The summed E-state index contributed by atoms with van der Waals surface area (Å²) in [4.78, 5) is 31.5. The number of aryl methyl sites for hydroxylation is 2. The minimum absolute atomic E-state index is 0.0934. The second-order valence-electron chi connectivity index (χ2n) is 6.73. The van der Waals surface area contributed by atoms with Crippen LogP contribution in [0.3, 0.4) is 0 Å². The first-order chi connectivity index (χ1) is 13.9. The predicted molar refractivity (Wildman–Crippen MR) is 102 cm³/mol. The van der Waals surface area contributed by atoms with Crippen LogP contribution in [0.4, 0.5) is 5.95 Å². The summed E-state index contributed by atoms with van der Waals surface area (Å²) in [5.41, 5.74) is 9.07. The molecule has 0 aromatic carbocycles. The minimum Gasteiger partial charge on any atom is -0.461 e. The number of amides is 1. The fourth-order valence-corrected chi connectivity index (χ4v) is 3.37. The number of nitrogens with two attached hydrogens (primary N) is 1. The van der Waals surface area contributed by atoms with E-state index < -0.39 is 5.91 Å². The smallest absolute Gasteiger partial charge is 0.303 e. The van der Waals surface area contributed by atoms with Crippen LogP contribution in [0.2, 0.25) is 0 Å². The summed E-state index contributed by atoms with van der Waals surface area (Å²) < 4.78 is 12.2. The lowest BCUT2D eigenvalue weighted by Gasteiger charge is -2.17. The second kappa shape index (κ2) is 7.38. The highest BCUT2D eigenvalue weighted by molar-refractivity contribution is 5.94. The first-order valence-electron chi connectivity index (χ1n) is 9.09. The van der Waals surface area contributed by atoms with Crippen molar-refractivity contribution in [3.8, 4) is 11.4 Å². The van der Waals surface area contributed by atoms with Crippen LogP contribution in [0.15, 0.2) is 22.7 Å². The third-order valence-corrected chi connectivity index (χ3v) is 4.67. The Labute approximate surface area is 166 Å². The average molecular weight is 396 g/mol. The van der Waals surface area contributed by atoms with E-state index in [1.807, 2.05) is 0 Å². The number of esters is 1. The summed E-state index contributed by atoms with van der Waals surface area (Å²) >= 11 is 0. The van der Waals surface area contributed by atoms with Gasteiger partial charge in [0.15, 0.2) is 5.69 Å². The topological polar surface area (TPSA) is 138 Å². The number of anilines is 1. The number of carbonyl (C=O) groups excluding carboxylic acids is 2. The number of hydrogen-bond acceptors (Lipinski definition) is 8. The van der Waals surface area contributed by atoms with E-state index in [9.17, 15) is 9.59 Å². The Morgan fingerprint density at radius 3 is 2.86 bits per heavy atom. The van der Waals surface area contributed by atoms with Gasteiger partial charge in [-0.1, -0.05) is 0 Å². The minimum atomic E-state index is -0.542. The first-order valence-corrected chi connectivity index (χ1v) is 9.09. The van der Waals surface area contributed by atoms with Crippen LogP contribution in [0.5, 0.6) is 0 Å². The van der Waals surface area contributed by atoms with Crippen molar-refractivity contribution in [2.75, 3.05) is 5.32 Å². The third-order valence-electron chi connectivity index (χ3n) is 4.67. The molecule has 0 radical (unpaired) electrons. The zero-order chi connectivity index (χ0) is 20.5. The zero-order valence-corrected chi connectivity index (χ0v) is 16.1. The maximum atomic E-state index is 11.7. The maximum absolute atomic E-state index is 11.7. The highest BCUT2D eigenvalue weighted by atomic mass is 16.5. The van der Waals surface area contributed by atoms with Gasteiger partial charge in [0.05, 0.1) is 17.9 Å². The highest BCUT2D eigenvalue weighted by Gasteiger charge is 2.27. The van der Waals surface area contributed by atoms with Crippen LogP contribution < -0.4 is 11.1 Å². The molecule has 0 fully saturated rings. The lowest BCUT2D eigenvalue weighted by molar-refractivity contribution is -0.142. The summed E-state index contributed by atoms with van der Waals surface area (Å²) in [5.74, 6) is 0.738. The number of nitrogens with one attached hydrogen (secondary N) is 1. The summed E-state index contributed by atoms with van der Waals surface area (Å²) in [5, 5.41) is 7.38. The average Bonchev–Trinajstić information content (AvgIpc) is 3.29. The molecule has 3 aromatic rings. The largest absolute Gasteiger partial charge is 0.461 e. The van der Waals surface area contributed by atoms with Crippen molar-refractivity contribution < 1.29 is 18.7 Å². The van der Waals surface area contributed by atoms with Crippen molar-refractivity contribution in [2.24, 2.45) is 12.8 Å². The zero-order valence-electron chi connectivity index (χ0n) is 16.1. The predicted octanol–water partition coefficient (Wildman–Crippen LogP) is 1.34. The van der Waals surface area contributed by atoms with E-state index in [2.05, 4.69) is 20.4 Å². The van der Waals surface area contributed by atoms with Crippen LogP contribution in [-0.4, -0.2) is 31.6 Å². The number of carbonyl (C=O) groups is 2. The molecule has 4 rings (SSSR count). The molecule has 150 valence electrons. The van der Waals surface area contributed by atoms with Gasteiger partial charge in [0, 0.05) is 25.7 Å². The van der Waals surface area contributed by atoms with Gasteiger partial charge in [0.25, 0.3) is 5.91 Å². The van der Waals surface area contributed by atoms with Crippen molar-refractivity contribution in [1.82, 2.24) is 19.7 Å². The van der Waals surface area contributed by atoms with Gasteiger partial charge in [-0.15, -0.1) is 0 Å². The van der Waals surface area contributed by atoms with E-state index >= 15 is 0 Å². The molecule has 0 aliphatic heterocycles. The molecule has 3 N–H and O–H groups in total. The lowest BCUT2D eigenvalue weighted by atomic mass is 9.93. The first kappa shape index (κ1) is 18.7. The third kappa shape index (κ3) is 3.68. The highest BCUT2D eigenvalue weighted by Crippen LogP contribution is 2.33. The summed E-state index contributed by atoms with van der Waals surface area (Å²) in [6.45, 7) is 1.80. The SMILES string of the molecule is CC(=O)OCc1ccc(CNc2ncc3c(n2)-c2c(c(C(N)=O)nn2C)CC3)o1. The van der Waals surface area contributed by atoms with Gasteiger partial charge < -0.3 is 20.2 Å². The summed E-state index contributed by atoms with van der Waals surface area (Å²) in [6, 6.07) is 3.55. The van der Waals surface area contributed by atoms with Crippen LogP contribution in [-0.2, 0) is 42.6 Å². The molecule has 1 aliphatic rings. The molecule has 1 amide bonds. The van der Waals surface area contributed by atoms with Crippen molar-refractivity contribution in [3.05, 3.63) is 46.7 Å². The molecule has 0 atom stereocenters. The standard InChI is InChI=1S/C19H20N6O4/c1-10(26)28-9-13-5-4-12(29-13)8-22-19-21-7-11-3-6-14-16(18(20)27)24-25(2)17(14)15(11)23-19/h4-5,7H,3,6,8-9H2,1-2H3,(H2,20,27)(H,21,22,23). The molecule has 10 heteroatoms. The Balaban J connectivity index is 1.53. The fourth-order valence-electron chi connectivity index (χ4n) is 3.37. The molecular weight excluding hydrogens is 376 g/mol. The molecule has 29 heavy (non-hydrogen) atoms. The van der Waals surface area contributed by atoms with E-state index in [0.717, 1.165) is 22.5 Å². The number of primary amides is 1. The van der Waals surface area contributed by atoms with Crippen molar-refractivity contribution in [3.63, 3.8) is 0 Å². The Kier molecular flexibility index (Phi) is 4.75. The van der Waals surface area contributed by atoms with Gasteiger partial charge in [-0.05, 0) is 30.5 Å². The number of ether oxygens (including phenoxy) is 1. The lowest BCUT2D eigenvalue weighted by Crippen LogP contribution is -2.16. The number of fused-ring (bicyclic) bond motifs is 3. The Bertz CT molecular complexity index is 1100. The summed E-state index contributed by atoms with van der Waals surface area (Å²) in [7, 11) is 1.77. The van der Waals surface area contributed by atoms with Gasteiger partial charge in [-0.2, -0.15) is 5.10 Å². The molecule has 10 nitrogen and oxygen atoms in total. The van der Waals surface area contributed by atoms with E-state index in [1.54, 1.807) is 30.1 Å². The Morgan fingerprint density at radius 2 is 2.10 bits per heavy atom. The van der Waals surface area contributed by atoms with Gasteiger partial charge >= 0.3 is 5.97 Å². The number of nitrogens with zero attached hydrogens (tertiary/aromatic N) is 4. The Hall–Kier alpha value is -3.69. The summed E-state index contributed by atoms with van der Waals surface area (Å²) in [6.07, 6.45) is 3.16. The normalized spacial score (nSPS) is 12.2. The van der Waals surface area contributed by atoms with Crippen LogP contribution >= 0.6 is 0 Å². The quantitative estimate of drug-likeness (QED) is 0.595. The van der Waals surface area contributed by atoms with Crippen LogP contribution in [0, 0.1) is 0 Å². The molecular formula is C19H20N6O4. The number of aromatic nitrogens is 4. The molecule has 3 aromatic heterocycles. The molecule has 0 unspecified atom stereocenters. The monoisotopic (exact) mass is 396 g/mol. The number of furan rings is 1. The van der Waals surface area contributed by atoms with Gasteiger partial charge in [-0.3, -0.25) is 14.3 Å². The second-order valence-corrected chi connectivity index (χ2v) is 6.73. The van der Waals surface area contributed by atoms with Crippen molar-refractivity contribution in [1.29, 1.82) is 0 Å². The van der Waals surface area contributed by atoms with Crippen molar-refractivity contribution in [2.45, 2.75) is 32.9 Å². The van der Waals surface area contributed by atoms with Crippen molar-refractivity contribution >= 4 is 17.8 Å². The van der Waals surface area contributed by atoms with Crippen LogP contribution in [0.1, 0.15) is 40.1 Å².